The van der Waals surface area contributed by atoms with Crippen molar-refractivity contribution in [1.82, 2.24) is 19.8 Å². The van der Waals surface area contributed by atoms with Gasteiger partial charge in [0.2, 0.25) is 0 Å². The van der Waals surface area contributed by atoms with Crippen molar-refractivity contribution in [2.24, 2.45) is 0 Å². The second kappa shape index (κ2) is 7.16. The molecular formula is C20H24N4. The van der Waals surface area contributed by atoms with E-state index in [0.717, 1.165) is 45.7 Å². The van der Waals surface area contributed by atoms with Crippen LogP contribution in [0.4, 0.5) is 0 Å². The first-order chi connectivity index (χ1) is 11.9. The summed E-state index contributed by atoms with van der Waals surface area (Å²) in [6, 6.07) is 12.8. The molecular weight excluding hydrogens is 296 g/mol. The van der Waals surface area contributed by atoms with E-state index in [0.29, 0.717) is 0 Å². The van der Waals surface area contributed by atoms with Crippen LogP contribution in [0.5, 0.6) is 0 Å². The van der Waals surface area contributed by atoms with Crippen molar-refractivity contribution >= 4 is 10.9 Å². The van der Waals surface area contributed by atoms with Crippen LogP contribution in [-0.4, -0.2) is 52.5 Å². The number of aromatic amines is 1. The van der Waals surface area contributed by atoms with Crippen molar-refractivity contribution in [3.05, 3.63) is 66.1 Å². The molecule has 0 unspecified atom stereocenters. The van der Waals surface area contributed by atoms with E-state index < -0.39 is 0 Å². The summed E-state index contributed by atoms with van der Waals surface area (Å²) >= 11 is 0. The highest BCUT2D eigenvalue weighted by molar-refractivity contribution is 5.83. The van der Waals surface area contributed by atoms with Gasteiger partial charge in [-0.1, -0.05) is 24.3 Å². The number of piperazine rings is 1. The number of hydrogen-bond donors (Lipinski definition) is 1. The predicted octanol–water partition coefficient (Wildman–Crippen LogP) is 2.92. The van der Waals surface area contributed by atoms with Crippen LogP contribution in [0.25, 0.3) is 10.9 Å². The molecule has 124 valence electrons. The molecule has 0 amide bonds. The zero-order valence-electron chi connectivity index (χ0n) is 14.0. The molecule has 3 aromatic rings. The third-order valence-electron chi connectivity index (χ3n) is 4.97. The first kappa shape index (κ1) is 15.4. The number of hydrogen-bond acceptors (Lipinski definition) is 3. The Kier molecular flexibility index (Phi) is 4.58. The van der Waals surface area contributed by atoms with Crippen molar-refractivity contribution in [1.29, 1.82) is 0 Å². The summed E-state index contributed by atoms with van der Waals surface area (Å²) in [5, 5.41) is 1.37. The maximum absolute atomic E-state index is 4.21. The summed E-state index contributed by atoms with van der Waals surface area (Å²) < 4.78 is 0. The van der Waals surface area contributed by atoms with Crippen LogP contribution in [0.3, 0.4) is 0 Å². The molecule has 1 fully saturated rings. The van der Waals surface area contributed by atoms with Crippen LogP contribution in [-0.2, 0) is 13.0 Å². The number of nitrogens with zero attached hydrogens (tertiary/aromatic N) is 3. The van der Waals surface area contributed by atoms with Gasteiger partial charge in [-0.15, -0.1) is 0 Å². The third kappa shape index (κ3) is 3.50. The van der Waals surface area contributed by atoms with E-state index in [1.807, 2.05) is 18.5 Å². The van der Waals surface area contributed by atoms with Crippen molar-refractivity contribution in [3.63, 3.8) is 0 Å². The molecule has 0 spiro atoms. The highest BCUT2D eigenvalue weighted by atomic mass is 15.3. The molecule has 24 heavy (non-hydrogen) atoms. The molecule has 0 atom stereocenters. The molecule has 1 saturated heterocycles. The lowest BCUT2D eigenvalue weighted by Crippen LogP contribution is -2.46. The van der Waals surface area contributed by atoms with E-state index in [1.54, 1.807) is 0 Å². The van der Waals surface area contributed by atoms with E-state index in [4.69, 9.17) is 0 Å². The normalized spacial score (nSPS) is 16.7. The summed E-state index contributed by atoms with van der Waals surface area (Å²) in [5.74, 6) is 0. The Labute approximate surface area is 143 Å². The number of para-hydroxylation sites is 1. The minimum Gasteiger partial charge on any atom is -0.361 e. The fourth-order valence-corrected chi connectivity index (χ4v) is 3.54. The first-order valence-electron chi connectivity index (χ1n) is 8.77. The number of rotatable bonds is 5. The molecule has 0 bridgehead atoms. The van der Waals surface area contributed by atoms with Crippen LogP contribution in [0.1, 0.15) is 11.1 Å². The highest BCUT2D eigenvalue weighted by Gasteiger charge is 2.17. The van der Waals surface area contributed by atoms with Gasteiger partial charge in [-0.3, -0.25) is 9.88 Å². The lowest BCUT2D eigenvalue weighted by atomic mass is 10.1. The molecule has 3 heterocycles. The van der Waals surface area contributed by atoms with Crippen molar-refractivity contribution in [3.8, 4) is 0 Å². The average Bonchev–Trinajstić information content (AvgIpc) is 3.05. The summed E-state index contributed by atoms with van der Waals surface area (Å²) in [4.78, 5) is 12.7. The predicted molar refractivity (Wildman–Crippen MR) is 98.0 cm³/mol. The monoisotopic (exact) mass is 320 g/mol. The Morgan fingerprint density at radius 2 is 1.79 bits per heavy atom. The number of fused-ring (bicyclic) bond motifs is 1. The van der Waals surface area contributed by atoms with E-state index in [-0.39, 0.29) is 0 Å². The minimum atomic E-state index is 1.02. The molecule has 4 rings (SSSR count). The second-order valence-corrected chi connectivity index (χ2v) is 6.59. The van der Waals surface area contributed by atoms with Gasteiger partial charge < -0.3 is 9.88 Å². The van der Waals surface area contributed by atoms with Crippen molar-refractivity contribution < 1.29 is 0 Å². The number of benzene rings is 1. The van der Waals surface area contributed by atoms with Gasteiger partial charge in [-0.25, -0.2) is 0 Å². The summed E-state index contributed by atoms with van der Waals surface area (Å²) in [6.07, 6.45) is 7.10. The Morgan fingerprint density at radius 3 is 2.62 bits per heavy atom. The number of aromatic nitrogens is 2. The molecule has 1 N–H and O–H groups in total. The van der Waals surface area contributed by atoms with Crippen molar-refractivity contribution in [2.45, 2.75) is 13.0 Å². The fourth-order valence-electron chi connectivity index (χ4n) is 3.54. The Bertz CT molecular complexity index is 772. The number of H-pyrrole nitrogens is 1. The molecule has 0 radical (unpaired) electrons. The van der Waals surface area contributed by atoms with Crippen LogP contribution in [0.2, 0.25) is 0 Å². The molecule has 1 aliphatic rings. The summed E-state index contributed by atoms with van der Waals surface area (Å²) in [7, 11) is 0. The molecule has 2 aromatic heterocycles. The Balaban J connectivity index is 1.27. The van der Waals surface area contributed by atoms with Gasteiger partial charge in [-0.2, -0.15) is 0 Å². The van der Waals surface area contributed by atoms with Gasteiger partial charge >= 0.3 is 0 Å². The lowest BCUT2D eigenvalue weighted by Gasteiger charge is -2.34. The smallest absolute Gasteiger partial charge is 0.0456 e. The molecule has 0 saturated carbocycles. The molecule has 1 aromatic carbocycles. The largest absolute Gasteiger partial charge is 0.361 e. The molecule has 4 heteroatoms. The quantitative estimate of drug-likeness (QED) is 0.785. The lowest BCUT2D eigenvalue weighted by molar-refractivity contribution is 0.128. The maximum atomic E-state index is 4.21. The number of nitrogens with one attached hydrogen (secondary N) is 1. The van der Waals surface area contributed by atoms with Gasteiger partial charge in [-0.05, 0) is 29.7 Å². The summed E-state index contributed by atoms with van der Waals surface area (Å²) in [5.41, 5.74) is 3.99. The topological polar surface area (TPSA) is 35.2 Å². The summed E-state index contributed by atoms with van der Waals surface area (Å²) in [6.45, 7) is 6.75. The van der Waals surface area contributed by atoms with Crippen molar-refractivity contribution in [2.75, 3.05) is 32.7 Å². The standard InChI is InChI=1S/C20H24N4/c1-2-6-20-19(5-1)18(15-22-20)7-9-23-10-12-24(13-11-23)16-17-4-3-8-21-14-17/h1-6,8,14-15,22H,7,9-13,16H2. The maximum Gasteiger partial charge on any atom is 0.0456 e. The minimum absolute atomic E-state index is 1.02. The van der Waals surface area contributed by atoms with Gasteiger partial charge in [0.1, 0.15) is 0 Å². The zero-order chi connectivity index (χ0) is 16.2. The fraction of sp³-hybridized carbons (Fsp3) is 0.350. The van der Waals surface area contributed by atoms with E-state index in [2.05, 4.69) is 56.3 Å². The van der Waals surface area contributed by atoms with Crippen LogP contribution in [0.15, 0.2) is 55.0 Å². The number of pyridine rings is 1. The van der Waals surface area contributed by atoms with Crippen LogP contribution < -0.4 is 0 Å². The average molecular weight is 320 g/mol. The van der Waals surface area contributed by atoms with Gasteiger partial charge in [0, 0.05) is 68.8 Å². The van der Waals surface area contributed by atoms with Crippen LogP contribution >= 0.6 is 0 Å². The molecule has 1 aliphatic heterocycles. The Hall–Kier alpha value is -2.17. The van der Waals surface area contributed by atoms with E-state index in [1.165, 1.54) is 22.0 Å². The van der Waals surface area contributed by atoms with Gasteiger partial charge in [0.15, 0.2) is 0 Å². The van der Waals surface area contributed by atoms with Gasteiger partial charge in [0.25, 0.3) is 0 Å². The van der Waals surface area contributed by atoms with Gasteiger partial charge in [0.05, 0.1) is 0 Å². The van der Waals surface area contributed by atoms with E-state index in [9.17, 15) is 0 Å². The SMILES string of the molecule is c1cncc(CN2CCN(CCc3c[nH]c4ccccc34)CC2)c1. The highest BCUT2D eigenvalue weighted by Crippen LogP contribution is 2.18. The van der Waals surface area contributed by atoms with E-state index >= 15 is 0 Å². The Morgan fingerprint density at radius 1 is 0.958 bits per heavy atom. The first-order valence-corrected chi connectivity index (χ1v) is 8.77. The van der Waals surface area contributed by atoms with Crippen LogP contribution in [0, 0.1) is 0 Å². The third-order valence-corrected chi connectivity index (χ3v) is 4.97. The molecule has 0 aliphatic carbocycles. The zero-order valence-corrected chi connectivity index (χ0v) is 14.0. The molecule has 4 nitrogen and oxygen atoms in total. The second-order valence-electron chi connectivity index (χ2n) is 6.59.